The van der Waals surface area contributed by atoms with Crippen molar-refractivity contribution < 1.29 is 0 Å². The van der Waals surface area contributed by atoms with Gasteiger partial charge in [0, 0.05) is 50.2 Å². The van der Waals surface area contributed by atoms with E-state index in [-0.39, 0.29) is 24.0 Å². The molecule has 9 heteroatoms. The number of aliphatic imine (C=N–C) groups is 1. The quantitative estimate of drug-likeness (QED) is 0.316. The maximum Gasteiger partial charge on any atom is 0.191 e. The SMILES string of the molecule is CCNC(=NCc1c(CC)nn(C)c1CC)NC1CCN(c2ncccc2Cl)C1.I. The van der Waals surface area contributed by atoms with E-state index in [2.05, 4.69) is 46.4 Å². The van der Waals surface area contributed by atoms with Gasteiger partial charge in [-0.2, -0.15) is 5.10 Å². The summed E-state index contributed by atoms with van der Waals surface area (Å²) < 4.78 is 2.00. The van der Waals surface area contributed by atoms with E-state index in [4.69, 9.17) is 16.6 Å². The number of aromatic nitrogens is 3. The van der Waals surface area contributed by atoms with Crippen molar-refractivity contribution in [3.8, 4) is 0 Å². The Labute approximate surface area is 201 Å². The van der Waals surface area contributed by atoms with Crippen molar-refractivity contribution in [2.45, 2.75) is 52.6 Å². The first-order valence-electron chi connectivity index (χ1n) is 10.5. The Kier molecular flexibility index (Phi) is 9.67. The predicted octanol–water partition coefficient (Wildman–Crippen LogP) is 3.55. The molecule has 3 rings (SSSR count). The molecule has 2 N–H and O–H groups in total. The molecule has 2 aromatic heterocycles. The lowest BCUT2D eigenvalue weighted by molar-refractivity contribution is 0.648. The number of halogens is 2. The highest BCUT2D eigenvalue weighted by Gasteiger charge is 2.25. The Morgan fingerprint density at radius 1 is 1.30 bits per heavy atom. The second-order valence-electron chi connectivity index (χ2n) is 7.28. The zero-order valence-electron chi connectivity index (χ0n) is 18.3. The lowest BCUT2D eigenvalue weighted by atomic mass is 10.1. The summed E-state index contributed by atoms with van der Waals surface area (Å²) in [7, 11) is 2.02. The minimum absolute atomic E-state index is 0. The van der Waals surface area contributed by atoms with Crippen molar-refractivity contribution in [3.63, 3.8) is 0 Å². The fraction of sp³-hybridized carbons (Fsp3) is 0.571. The monoisotopic (exact) mass is 545 g/mol. The minimum atomic E-state index is 0. The average molecular weight is 546 g/mol. The van der Waals surface area contributed by atoms with E-state index in [0.29, 0.717) is 17.6 Å². The molecule has 3 heterocycles. The first kappa shape index (κ1) is 24.7. The fourth-order valence-electron chi connectivity index (χ4n) is 3.92. The van der Waals surface area contributed by atoms with Crippen LogP contribution in [0.5, 0.6) is 0 Å². The molecule has 1 atom stereocenters. The first-order chi connectivity index (χ1) is 14.1. The zero-order valence-corrected chi connectivity index (χ0v) is 21.4. The molecule has 166 valence electrons. The summed E-state index contributed by atoms with van der Waals surface area (Å²) in [6, 6.07) is 4.05. The van der Waals surface area contributed by atoms with Crippen LogP contribution in [0.2, 0.25) is 5.02 Å². The third-order valence-electron chi connectivity index (χ3n) is 5.34. The highest BCUT2D eigenvalue weighted by molar-refractivity contribution is 14.0. The summed E-state index contributed by atoms with van der Waals surface area (Å²) >= 11 is 6.32. The van der Waals surface area contributed by atoms with E-state index >= 15 is 0 Å². The van der Waals surface area contributed by atoms with Gasteiger partial charge in [0.15, 0.2) is 5.96 Å². The third kappa shape index (κ3) is 5.78. The molecule has 1 unspecified atom stereocenters. The molecule has 1 fully saturated rings. The maximum absolute atomic E-state index is 6.32. The number of anilines is 1. The van der Waals surface area contributed by atoms with Crippen LogP contribution in [-0.2, 0) is 26.4 Å². The van der Waals surface area contributed by atoms with Gasteiger partial charge in [0.05, 0.1) is 17.3 Å². The lowest BCUT2D eigenvalue weighted by Crippen LogP contribution is -2.44. The largest absolute Gasteiger partial charge is 0.357 e. The maximum atomic E-state index is 6.32. The van der Waals surface area contributed by atoms with Gasteiger partial charge in [-0.05, 0) is 38.3 Å². The van der Waals surface area contributed by atoms with Crippen molar-refractivity contribution in [1.82, 2.24) is 25.4 Å². The topological polar surface area (TPSA) is 70.4 Å². The fourth-order valence-corrected chi connectivity index (χ4v) is 4.17. The van der Waals surface area contributed by atoms with Gasteiger partial charge >= 0.3 is 0 Å². The van der Waals surface area contributed by atoms with Crippen LogP contribution in [0.25, 0.3) is 0 Å². The van der Waals surface area contributed by atoms with Crippen LogP contribution in [0.3, 0.4) is 0 Å². The van der Waals surface area contributed by atoms with E-state index in [1.165, 1.54) is 11.3 Å². The molecule has 1 saturated heterocycles. The number of aryl methyl sites for hydroxylation is 2. The predicted molar refractivity (Wildman–Crippen MR) is 135 cm³/mol. The van der Waals surface area contributed by atoms with E-state index in [1.807, 2.05) is 23.9 Å². The van der Waals surface area contributed by atoms with Gasteiger partial charge in [-0.25, -0.2) is 9.98 Å². The Bertz CT molecular complexity index is 852. The van der Waals surface area contributed by atoms with Crippen LogP contribution in [0.4, 0.5) is 5.82 Å². The van der Waals surface area contributed by atoms with E-state index in [1.54, 1.807) is 6.20 Å². The summed E-state index contributed by atoms with van der Waals surface area (Å²) in [5, 5.41) is 12.3. The van der Waals surface area contributed by atoms with Crippen molar-refractivity contribution >= 4 is 47.4 Å². The molecule has 1 aliphatic heterocycles. The number of hydrogen-bond donors (Lipinski definition) is 2. The van der Waals surface area contributed by atoms with Crippen LogP contribution < -0.4 is 15.5 Å². The van der Waals surface area contributed by atoms with Crippen molar-refractivity contribution in [1.29, 1.82) is 0 Å². The second-order valence-corrected chi connectivity index (χ2v) is 7.69. The minimum Gasteiger partial charge on any atom is -0.357 e. The Morgan fingerprint density at radius 2 is 2.10 bits per heavy atom. The van der Waals surface area contributed by atoms with Gasteiger partial charge < -0.3 is 15.5 Å². The molecule has 7 nitrogen and oxygen atoms in total. The third-order valence-corrected chi connectivity index (χ3v) is 5.63. The number of rotatable bonds is 7. The number of hydrogen-bond acceptors (Lipinski definition) is 4. The molecule has 1 aliphatic rings. The van der Waals surface area contributed by atoms with Gasteiger partial charge in [0.2, 0.25) is 0 Å². The molecule has 2 aromatic rings. The van der Waals surface area contributed by atoms with Crippen LogP contribution in [0, 0.1) is 0 Å². The number of nitrogens with one attached hydrogen (secondary N) is 2. The molecular formula is C21H33ClIN7. The van der Waals surface area contributed by atoms with Gasteiger partial charge in [-0.1, -0.05) is 25.4 Å². The highest BCUT2D eigenvalue weighted by Crippen LogP contribution is 2.25. The smallest absolute Gasteiger partial charge is 0.191 e. The van der Waals surface area contributed by atoms with Crippen LogP contribution in [0.1, 0.15) is 44.1 Å². The zero-order chi connectivity index (χ0) is 20.8. The van der Waals surface area contributed by atoms with Gasteiger partial charge in [-0.15, -0.1) is 24.0 Å². The van der Waals surface area contributed by atoms with Crippen LogP contribution >= 0.6 is 35.6 Å². The Balaban J connectivity index is 0.00000320. The Hall–Kier alpha value is -1.55. The normalized spacial score (nSPS) is 16.5. The summed E-state index contributed by atoms with van der Waals surface area (Å²) in [5.74, 6) is 1.70. The van der Waals surface area contributed by atoms with Crippen molar-refractivity contribution in [2.75, 3.05) is 24.5 Å². The van der Waals surface area contributed by atoms with Crippen molar-refractivity contribution in [2.24, 2.45) is 12.0 Å². The molecule has 0 aliphatic carbocycles. The van der Waals surface area contributed by atoms with Crippen LogP contribution in [-0.4, -0.2) is 46.4 Å². The summed E-state index contributed by atoms with van der Waals surface area (Å²) in [6.45, 7) is 9.65. The summed E-state index contributed by atoms with van der Waals surface area (Å²) in [6.07, 6.45) is 4.69. The molecule has 0 aromatic carbocycles. The number of guanidine groups is 1. The van der Waals surface area contributed by atoms with E-state index in [9.17, 15) is 0 Å². The standard InChI is InChI=1S/C21H32ClN7.HI/c1-5-18-16(19(6-2)28(4)27-18)13-25-21(23-7-3)26-15-10-12-29(14-15)20-17(22)9-8-11-24-20;/h8-9,11,15H,5-7,10,12-14H2,1-4H3,(H2,23,25,26);1H. The number of nitrogens with zero attached hydrogens (tertiary/aromatic N) is 5. The highest BCUT2D eigenvalue weighted by atomic mass is 127. The summed E-state index contributed by atoms with van der Waals surface area (Å²) in [4.78, 5) is 11.5. The summed E-state index contributed by atoms with van der Waals surface area (Å²) in [5.41, 5.74) is 3.65. The van der Waals surface area contributed by atoms with Gasteiger partial charge in [-0.3, -0.25) is 4.68 Å². The van der Waals surface area contributed by atoms with E-state index < -0.39 is 0 Å². The van der Waals surface area contributed by atoms with Gasteiger partial charge in [0.25, 0.3) is 0 Å². The molecule has 0 amide bonds. The lowest BCUT2D eigenvalue weighted by Gasteiger charge is -2.20. The second kappa shape index (κ2) is 11.7. The average Bonchev–Trinajstić information content (AvgIpc) is 3.30. The van der Waals surface area contributed by atoms with E-state index in [0.717, 1.165) is 56.4 Å². The molecule has 0 saturated carbocycles. The first-order valence-corrected chi connectivity index (χ1v) is 10.9. The number of pyridine rings is 1. The molecule has 30 heavy (non-hydrogen) atoms. The Morgan fingerprint density at radius 3 is 2.77 bits per heavy atom. The van der Waals surface area contributed by atoms with Crippen LogP contribution in [0.15, 0.2) is 23.3 Å². The van der Waals surface area contributed by atoms with Gasteiger partial charge in [0.1, 0.15) is 5.82 Å². The molecular weight excluding hydrogens is 513 g/mol. The molecule has 0 bridgehead atoms. The molecule has 0 radical (unpaired) electrons. The van der Waals surface area contributed by atoms with Crippen molar-refractivity contribution in [3.05, 3.63) is 40.3 Å². The molecule has 0 spiro atoms.